The Balaban J connectivity index is 1.97. The molecule has 1 amide bonds. The number of carboxylic acids is 1. The molecule has 1 N–H and O–H groups in total. The van der Waals surface area contributed by atoms with Crippen molar-refractivity contribution in [3.63, 3.8) is 0 Å². The minimum Gasteiger partial charge on any atom is -0.481 e. The third kappa shape index (κ3) is 3.48. The summed E-state index contributed by atoms with van der Waals surface area (Å²) in [6.45, 7) is 1.00. The lowest BCUT2D eigenvalue weighted by atomic mass is 9.93. The summed E-state index contributed by atoms with van der Waals surface area (Å²) in [5.41, 5.74) is 0.267. The van der Waals surface area contributed by atoms with E-state index in [2.05, 4.69) is 0 Å². The standard InChI is InChI=1S/C14H15ClFNO3/c15-11-2-1-10(8-12(11)16)14(20)17-5-3-9(4-6-17)7-13(18)19/h1-2,8-9H,3-7H2,(H,18,19). The molecule has 2 rings (SSSR count). The number of nitrogens with zero attached hydrogens (tertiary/aromatic N) is 1. The monoisotopic (exact) mass is 299 g/mol. The summed E-state index contributed by atoms with van der Waals surface area (Å²) in [6.07, 6.45) is 1.46. The first-order valence-corrected chi connectivity index (χ1v) is 6.81. The molecule has 20 heavy (non-hydrogen) atoms. The summed E-state index contributed by atoms with van der Waals surface area (Å²) in [4.78, 5) is 24.5. The lowest BCUT2D eigenvalue weighted by Gasteiger charge is -2.31. The molecule has 1 aromatic rings. The van der Waals surface area contributed by atoms with Crippen molar-refractivity contribution >= 4 is 23.5 Å². The molecule has 1 fully saturated rings. The molecule has 0 saturated carbocycles. The number of carbonyl (C=O) groups excluding carboxylic acids is 1. The van der Waals surface area contributed by atoms with E-state index in [1.807, 2.05) is 0 Å². The van der Waals surface area contributed by atoms with E-state index >= 15 is 0 Å². The van der Waals surface area contributed by atoms with Crippen LogP contribution in [0.4, 0.5) is 4.39 Å². The highest BCUT2D eigenvalue weighted by Gasteiger charge is 2.25. The molecule has 1 saturated heterocycles. The van der Waals surface area contributed by atoms with Gasteiger partial charge in [0.05, 0.1) is 5.02 Å². The predicted octanol–water partition coefficient (Wildman–Crippen LogP) is 2.81. The summed E-state index contributed by atoms with van der Waals surface area (Å²) < 4.78 is 13.3. The van der Waals surface area contributed by atoms with E-state index in [9.17, 15) is 14.0 Å². The molecule has 4 nitrogen and oxygen atoms in total. The SMILES string of the molecule is O=C(O)CC1CCN(C(=O)c2ccc(Cl)c(F)c2)CC1. The number of rotatable bonds is 3. The second-order valence-electron chi connectivity index (χ2n) is 4.96. The minimum absolute atomic E-state index is 0.0123. The zero-order chi connectivity index (χ0) is 14.7. The molecule has 6 heteroatoms. The molecule has 0 unspecified atom stereocenters. The van der Waals surface area contributed by atoms with E-state index in [-0.39, 0.29) is 28.8 Å². The van der Waals surface area contributed by atoms with Gasteiger partial charge in [-0.15, -0.1) is 0 Å². The number of aliphatic carboxylic acids is 1. The van der Waals surface area contributed by atoms with Crippen LogP contribution < -0.4 is 0 Å². The Morgan fingerprint density at radius 2 is 2.00 bits per heavy atom. The van der Waals surface area contributed by atoms with E-state index in [0.717, 1.165) is 6.07 Å². The van der Waals surface area contributed by atoms with Crippen LogP contribution in [0.2, 0.25) is 5.02 Å². The molecular formula is C14H15ClFNO3. The molecule has 0 aliphatic carbocycles. The number of hydrogen-bond donors (Lipinski definition) is 1. The maximum Gasteiger partial charge on any atom is 0.303 e. The number of amides is 1. The van der Waals surface area contributed by atoms with Crippen LogP contribution in [-0.4, -0.2) is 35.0 Å². The minimum atomic E-state index is -0.811. The molecule has 0 aromatic heterocycles. The maximum atomic E-state index is 13.3. The Bertz CT molecular complexity index is 527. The number of piperidine rings is 1. The highest BCUT2D eigenvalue weighted by molar-refractivity contribution is 6.30. The number of carbonyl (C=O) groups is 2. The quantitative estimate of drug-likeness (QED) is 0.933. The van der Waals surface area contributed by atoms with E-state index < -0.39 is 11.8 Å². The second-order valence-corrected chi connectivity index (χ2v) is 5.37. The summed E-state index contributed by atoms with van der Waals surface area (Å²) in [6, 6.07) is 3.99. The van der Waals surface area contributed by atoms with Crippen molar-refractivity contribution in [1.29, 1.82) is 0 Å². The van der Waals surface area contributed by atoms with E-state index in [1.54, 1.807) is 4.90 Å². The van der Waals surface area contributed by atoms with Crippen LogP contribution in [0.25, 0.3) is 0 Å². The highest BCUT2D eigenvalue weighted by Crippen LogP contribution is 2.23. The topological polar surface area (TPSA) is 57.6 Å². The normalized spacial score (nSPS) is 16.2. The Hall–Kier alpha value is -1.62. The Labute approximate surface area is 121 Å². The number of likely N-dealkylation sites (tertiary alicyclic amines) is 1. The van der Waals surface area contributed by atoms with Gasteiger partial charge in [0.1, 0.15) is 5.82 Å². The zero-order valence-corrected chi connectivity index (χ0v) is 11.6. The van der Waals surface area contributed by atoms with Crippen LogP contribution in [0.3, 0.4) is 0 Å². The Morgan fingerprint density at radius 3 is 2.55 bits per heavy atom. The lowest BCUT2D eigenvalue weighted by molar-refractivity contribution is -0.138. The molecule has 1 aliphatic rings. The zero-order valence-electron chi connectivity index (χ0n) is 10.8. The van der Waals surface area contributed by atoms with Crippen molar-refractivity contribution < 1.29 is 19.1 Å². The van der Waals surface area contributed by atoms with Crippen molar-refractivity contribution in [1.82, 2.24) is 4.90 Å². The fourth-order valence-corrected chi connectivity index (χ4v) is 2.52. The van der Waals surface area contributed by atoms with Gasteiger partial charge in [-0.2, -0.15) is 0 Å². The smallest absolute Gasteiger partial charge is 0.303 e. The summed E-state index contributed by atoms with van der Waals surface area (Å²) in [5, 5.41) is 8.73. The van der Waals surface area contributed by atoms with E-state index in [1.165, 1.54) is 12.1 Å². The molecule has 0 radical (unpaired) electrons. The first-order valence-electron chi connectivity index (χ1n) is 6.43. The molecule has 108 valence electrons. The van der Waals surface area contributed by atoms with Gasteiger partial charge in [0.15, 0.2) is 0 Å². The predicted molar refractivity (Wildman–Crippen MR) is 72.3 cm³/mol. The van der Waals surface area contributed by atoms with E-state index in [0.29, 0.717) is 25.9 Å². The van der Waals surface area contributed by atoms with Crippen molar-refractivity contribution in [3.8, 4) is 0 Å². The number of benzene rings is 1. The van der Waals surface area contributed by atoms with Gasteiger partial charge in [-0.1, -0.05) is 11.6 Å². The number of hydrogen-bond acceptors (Lipinski definition) is 2. The van der Waals surface area contributed by atoms with Crippen LogP contribution in [0.5, 0.6) is 0 Å². The van der Waals surface area contributed by atoms with Crippen LogP contribution in [0, 0.1) is 11.7 Å². The average Bonchev–Trinajstić information content (AvgIpc) is 2.41. The third-order valence-corrected chi connectivity index (χ3v) is 3.84. The molecule has 1 heterocycles. The van der Waals surface area contributed by atoms with Crippen LogP contribution >= 0.6 is 11.6 Å². The maximum absolute atomic E-state index is 13.3. The number of carboxylic acid groups (broad SMARTS) is 1. The van der Waals surface area contributed by atoms with Crippen LogP contribution in [0.1, 0.15) is 29.6 Å². The van der Waals surface area contributed by atoms with Crippen molar-refractivity contribution in [3.05, 3.63) is 34.6 Å². The molecule has 1 aromatic carbocycles. The van der Waals surface area contributed by atoms with Crippen LogP contribution in [-0.2, 0) is 4.79 Å². The Kier molecular flexibility index (Phi) is 4.60. The van der Waals surface area contributed by atoms with Gasteiger partial charge in [0, 0.05) is 25.1 Å². The first-order chi connectivity index (χ1) is 9.47. The van der Waals surface area contributed by atoms with Gasteiger partial charge in [-0.05, 0) is 37.0 Å². The molecule has 0 atom stereocenters. The van der Waals surface area contributed by atoms with E-state index in [4.69, 9.17) is 16.7 Å². The third-order valence-electron chi connectivity index (χ3n) is 3.53. The first kappa shape index (κ1) is 14.8. The van der Waals surface area contributed by atoms with Gasteiger partial charge >= 0.3 is 5.97 Å². The van der Waals surface area contributed by atoms with Crippen LogP contribution in [0.15, 0.2) is 18.2 Å². The van der Waals surface area contributed by atoms with Crippen molar-refractivity contribution in [2.24, 2.45) is 5.92 Å². The second kappa shape index (κ2) is 6.22. The Morgan fingerprint density at radius 1 is 1.35 bits per heavy atom. The summed E-state index contributed by atoms with van der Waals surface area (Å²) in [7, 11) is 0. The van der Waals surface area contributed by atoms with Gasteiger partial charge in [0.2, 0.25) is 0 Å². The van der Waals surface area contributed by atoms with Crippen molar-refractivity contribution in [2.45, 2.75) is 19.3 Å². The fraction of sp³-hybridized carbons (Fsp3) is 0.429. The van der Waals surface area contributed by atoms with Gasteiger partial charge in [-0.3, -0.25) is 9.59 Å². The highest BCUT2D eigenvalue weighted by atomic mass is 35.5. The largest absolute Gasteiger partial charge is 0.481 e. The van der Waals surface area contributed by atoms with Crippen molar-refractivity contribution in [2.75, 3.05) is 13.1 Å². The number of halogens is 2. The molecular weight excluding hydrogens is 285 g/mol. The molecule has 0 bridgehead atoms. The van der Waals surface area contributed by atoms with Gasteiger partial charge in [-0.25, -0.2) is 4.39 Å². The fourth-order valence-electron chi connectivity index (χ4n) is 2.40. The summed E-state index contributed by atoms with van der Waals surface area (Å²) >= 11 is 5.58. The molecule has 1 aliphatic heterocycles. The van der Waals surface area contributed by atoms with Gasteiger partial charge in [0.25, 0.3) is 5.91 Å². The summed E-state index contributed by atoms with van der Waals surface area (Å²) in [5.74, 6) is -1.55. The lowest BCUT2D eigenvalue weighted by Crippen LogP contribution is -2.38. The average molecular weight is 300 g/mol. The van der Waals surface area contributed by atoms with Gasteiger partial charge < -0.3 is 10.0 Å². The molecule has 0 spiro atoms.